The van der Waals surface area contributed by atoms with Gasteiger partial charge in [0.15, 0.2) is 0 Å². The number of nitrogens with zero attached hydrogens (tertiary/aromatic N) is 2. The van der Waals surface area contributed by atoms with Crippen molar-refractivity contribution in [3.05, 3.63) is 83.6 Å². The van der Waals surface area contributed by atoms with E-state index in [-0.39, 0.29) is 12.0 Å². The van der Waals surface area contributed by atoms with Crippen molar-refractivity contribution >= 4 is 17.7 Å². The minimum Gasteiger partial charge on any atom is -0.490 e. The summed E-state index contributed by atoms with van der Waals surface area (Å²) in [6.45, 7) is 5.65. The molecule has 0 atom stereocenters. The fourth-order valence-electron chi connectivity index (χ4n) is 3.53. The molecular weight excluding hydrogens is 392 g/mol. The molecule has 0 unspecified atom stereocenters. The molecule has 1 amide bonds. The molecule has 2 aromatic carbocycles. The van der Waals surface area contributed by atoms with E-state index in [2.05, 4.69) is 31.0 Å². The Hall–Kier alpha value is -2.79. The summed E-state index contributed by atoms with van der Waals surface area (Å²) in [7, 11) is 0. The highest BCUT2D eigenvalue weighted by molar-refractivity contribution is 7.99. The van der Waals surface area contributed by atoms with Crippen LogP contribution < -0.4 is 4.74 Å². The lowest BCUT2D eigenvalue weighted by Gasteiger charge is -2.32. The molecule has 4 nitrogen and oxygen atoms in total. The first-order chi connectivity index (χ1) is 14.6. The molecule has 0 saturated carbocycles. The highest BCUT2D eigenvalue weighted by Crippen LogP contribution is 2.27. The summed E-state index contributed by atoms with van der Waals surface area (Å²) in [5, 5.41) is 0.947. The van der Waals surface area contributed by atoms with Gasteiger partial charge in [-0.1, -0.05) is 23.9 Å². The van der Waals surface area contributed by atoms with Crippen molar-refractivity contribution in [2.45, 2.75) is 42.7 Å². The largest absolute Gasteiger partial charge is 0.490 e. The first-order valence-corrected chi connectivity index (χ1v) is 11.1. The van der Waals surface area contributed by atoms with Crippen LogP contribution in [0.15, 0.2) is 76.8 Å². The molecule has 154 valence electrons. The second-order valence-corrected chi connectivity index (χ2v) is 8.74. The van der Waals surface area contributed by atoms with Crippen LogP contribution in [0.1, 0.15) is 34.3 Å². The summed E-state index contributed by atoms with van der Waals surface area (Å²) < 4.78 is 6.15. The lowest BCUT2D eigenvalue weighted by atomic mass is 10.1. The zero-order chi connectivity index (χ0) is 20.9. The Morgan fingerprint density at radius 1 is 1.00 bits per heavy atom. The first kappa shape index (κ1) is 20.5. The zero-order valence-corrected chi connectivity index (χ0v) is 18.2. The van der Waals surface area contributed by atoms with Gasteiger partial charge in [0, 0.05) is 42.6 Å². The van der Waals surface area contributed by atoms with Gasteiger partial charge < -0.3 is 9.64 Å². The number of carbonyl (C=O) groups is 1. The molecule has 30 heavy (non-hydrogen) atoms. The van der Waals surface area contributed by atoms with E-state index in [4.69, 9.17) is 4.74 Å². The van der Waals surface area contributed by atoms with Crippen LogP contribution >= 0.6 is 11.8 Å². The molecular formula is C25H26N2O2S. The standard InChI is InChI=1S/C25H26N2O2S/c1-18-6-9-22(17-19(18)2)29-21-12-15-27(16-13-21)25(28)20-7-10-23(11-8-20)30-24-5-3-4-14-26-24/h3-11,14,17,21H,12-13,15-16H2,1-2H3. The van der Waals surface area contributed by atoms with E-state index < -0.39 is 0 Å². The lowest BCUT2D eigenvalue weighted by molar-refractivity contribution is 0.0595. The number of aryl methyl sites for hydroxylation is 2. The number of carbonyl (C=O) groups excluding carboxylic acids is 1. The van der Waals surface area contributed by atoms with Crippen LogP contribution in [0, 0.1) is 13.8 Å². The predicted molar refractivity (Wildman–Crippen MR) is 120 cm³/mol. The van der Waals surface area contributed by atoms with Crippen molar-refractivity contribution in [1.29, 1.82) is 0 Å². The summed E-state index contributed by atoms with van der Waals surface area (Å²) in [4.78, 5) is 20.2. The molecule has 1 aliphatic heterocycles. The molecule has 1 fully saturated rings. The van der Waals surface area contributed by atoms with Crippen LogP contribution in [0.25, 0.3) is 0 Å². The average molecular weight is 419 g/mol. The second kappa shape index (κ2) is 9.35. The molecule has 5 heteroatoms. The van der Waals surface area contributed by atoms with E-state index >= 15 is 0 Å². The van der Waals surface area contributed by atoms with Crippen molar-refractivity contribution in [3.63, 3.8) is 0 Å². The molecule has 0 N–H and O–H groups in total. The number of pyridine rings is 1. The van der Waals surface area contributed by atoms with Gasteiger partial charge in [0.2, 0.25) is 0 Å². The average Bonchev–Trinajstić information content (AvgIpc) is 2.78. The molecule has 0 radical (unpaired) electrons. The normalized spacial score (nSPS) is 14.5. The van der Waals surface area contributed by atoms with Gasteiger partial charge in [0.05, 0.1) is 0 Å². The molecule has 4 rings (SSSR count). The molecule has 1 saturated heterocycles. The fraction of sp³-hybridized carbons (Fsp3) is 0.280. The Morgan fingerprint density at radius 3 is 2.43 bits per heavy atom. The minimum absolute atomic E-state index is 0.0917. The number of benzene rings is 2. The number of hydrogen-bond acceptors (Lipinski definition) is 4. The topological polar surface area (TPSA) is 42.4 Å². The highest BCUT2D eigenvalue weighted by atomic mass is 32.2. The summed E-state index contributed by atoms with van der Waals surface area (Å²) in [6.07, 6.45) is 3.65. The SMILES string of the molecule is Cc1ccc(OC2CCN(C(=O)c3ccc(Sc4ccccn4)cc3)CC2)cc1C. The smallest absolute Gasteiger partial charge is 0.253 e. The number of piperidine rings is 1. The van der Waals surface area contributed by atoms with E-state index in [1.807, 2.05) is 53.4 Å². The fourth-order valence-corrected chi connectivity index (χ4v) is 4.31. The molecule has 0 spiro atoms. The summed E-state index contributed by atoms with van der Waals surface area (Å²) >= 11 is 1.59. The maximum Gasteiger partial charge on any atom is 0.253 e. The number of ether oxygens (including phenoxy) is 1. The number of hydrogen-bond donors (Lipinski definition) is 0. The van der Waals surface area contributed by atoms with Crippen molar-refractivity contribution in [3.8, 4) is 5.75 Å². The van der Waals surface area contributed by atoms with Crippen molar-refractivity contribution in [2.24, 2.45) is 0 Å². The van der Waals surface area contributed by atoms with E-state index in [0.717, 1.165) is 47.2 Å². The quantitative estimate of drug-likeness (QED) is 0.546. The number of amides is 1. The van der Waals surface area contributed by atoms with Crippen LogP contribution in [0.4, 0.5) is 0 Å². The van der Waals surface area contributed by atoms with Crippen LogP contribution in [0.2, 0.25) is 0 Å². The van der Waals surface area contributed by atoms with Crippen molar-refractivity contribution < 1.29 is 9.53 Å². The van der Waals surface area contributed by atoms with Gasteiger partial charge in [-0.25, -0.2) is 4.98 Å². The zero-order valence-electron chi connectivity index (χ0n) is 17.4. The van der Waals surface area contributed by atoms with Crippen molar-refractivity contribution in [1.82, 2.24) is 9.88 Å². The van der Waals surface area contributed by atoms with Gasteiger partial charge in [-0.3, -0.25) is 4.79 Å². The Balaban J connectivity index is 1.31. The van der Waals surface area contributed by atoms with E-state index in [9.17, 15) is 4.79 Å². The molecule has 1 aliphatic rings. The number of rotatable bonds is 5. The Bertz CT molecular complexity index is 997. The highest BCUT2D eigenvalue weighted by Gasteiger charge is 2.24. The van der Waals surface area contributed by atoms with Gasteiger partial charge in [-0.2, -0.15) is 0 Å². The van der Waals surface area contributed by atoms with Gasteiger partial charge in [0.25, 0.3) is 5.91 Å². The molecule has 0 aliphatic carbocycles. The third kappa shape index (κ3) is 5.03. The number of aromatic nitrogens is 1. The summed E-state index contributed by atoms with van der Waals surface area (Å²) in [5.74, 6) is 1.01. The van der Waals surface area contributed by atoms with E-state index in [1.165, 1.54) is 11.1 Å². The maximum absolute atomic E-state index is 12.9. The van der Waals surface area contributed by atoms with Gasteiger partial charge in [-0.15, -0.1) is 0 Å². The summed E-state index contributed by atoms with van der Waals surface area (Å²) in [6, 6.07) is 19.9. The van der Waals surface area contributed by atoms with Gasteiger partial charge >= 0.3 is 0 Å². The monoisotopic (exact) mass is 418 g/mol. The molecule has 0 bridgehead atoms. The third-order valence-corrected chi connectivity index (χ3v) is 6.43. The van der Waals surface area contributed by atoms with Gasteiger partial charge in [0.1, 0.15) is 16.9 Å². The Morgan fingerprint density at radius 2 is 1.77 bits per heavy atom. The first-order valence-electron chi connectivity index (χ1n) is 10.3. The Kier molecular flexibility index (Phi) is 6.38. The number of likely N-dealkylation sites (tertiary alicyclic amines) is 1. The predicted octanol–water partition coefficient (Wildman–Crippen LogP) is 5.53. The van der Waals surface area contributed by atoms with E-state index in [1.54, 1.807) is 18.0 Å². The lowest BCUT2D eigenvalue weighted by Crippen LogP contribution is -2.41. The molecule has 1 aromatic heterocycles. The minimum atomic E-state index is 0.0917. The molecule has 2 heterocycles. The van der Waals surface area contributed by atoms with Crippen LogP contribution in [0.3, 0.4) is 0 Å². The van der Waals surface area contributed by atoms with Crippen molar-refractivity contribution in [2.75, 3.05) is 13.1 Å². The van der Waals surface area contributed by atoms with Crippen LogP contribution in [-0.2, 0) is 0 Å². The maximum atomic E-state index is 12.9. The Labute approximate surface area is 182 Å². The van der Waals surface area contributed by atoms with Crippen LogP contribution in [-0.4, -0.2) is 35.0 Å². The second-order valence-electron chi connectivity index (χ2n) is 7.65. The van der Waals surface area contributed by atoms with Gasteiger partial charge in [-0.05, 0) is 73.5 Å². The van der Waals surface area contributed by atoms with E-state index in [0.29, 0.717) is 0 Å². The third-order valence-electron chi connectivity index (χ3n) is 5.47. The summed E-state index contributed by atoms with van der Waals surface area (Å²) in [5.41, 5.74) is 3.24. The van der Waals surface area contributed by atoms with Crippen LogP contribution in [0.5, 0.6) is 5.75 Å². The molecule has 3 aromatic rings.